The molecule has 0 aromatic heterocycles. The molecular formula is C17H18Cl2N2O3. The first-order valence-corrected chi connectivity index (χ1v) is 8.06. The first kappa shape index (κ1) is 18.4. The summed E-state index contributed by atoms with van der Waals surface area (Å²) in [6, 6.07) is 12.2. The molecule has 0 aliphatic heterocycles. The van der Waals surface area contributed by atoms with Gasteiger partial charge in [-0.05, 0) is 42.5 Å². The van der Waals surface area contributed by atoms with E-state index < -0.39 is 0 Å². The predicted molar refractivity (Wildman–Crippen MR) is 96.5 cm³/mol. The van der Waals surface area contributed by atoms with Crippen LogP contribution in [0.4, 0.5) is 5.69 Å². The van der Waals surface area contributed by atoms with Gasteiger partial charge in [-0.25, -0.2) is 0 Å². The second kappa shape index (κ2) is 9.37. The Balaban J connectivity index is 1.65. The number of rotatable bonds is 8. The SMILES string of the molecule is COc1ccc(OCCNCC(=O)Nc2cc(Cl)cc(Cl)c2)cc1. The molecule has 0 unspecified atom stereocenters. The van der Waals surface area contributed by atoms with Gasteiger partial charge >= 0.3 is 0 Å². The van der Waals surface area contributed by atoms with E-state index in [4.69, 9.17) is 32.7 Å². The van der Waals surface area contributed by atoms with Crippen LogP contribution in [0.5, 0.6) is 11.5 Å². The summed E-state index contributed by atoms with van der Waals surface area (Å²) in [5, 5.41) is 6.66. The Hall–Kier alpha value is -1.95. The molecular weight excluding hydrogens is 351 g/mol. The number of hydrogen-bond donors (Lipinski definition) is 2. The lowest BCUT2D eigenvalue weighted by Gasteiger charge is -2.09. The molecule has 0 atom stereocenters. The van der Waals surface area contributed by atoms with Gasteiger partial charge in [0.15, 0.2) is 0 Å². The molecule has 0 aliphatic rings. The van der Waals surface area contributed by atoms with Crippen LogP contribution in [-0.2, 0) is 4.79 Å². The topological polar surface area (TPSA) is 59.6 Å². The Morgan fingerprint density at radius 3 is 2.29 bits per heavy atom. The fourth-order valence-corrected chi connectivity index (χ4v) is 2.47. The third-order valence-corrected chi connectivity index (χ3v) is 3.48. The van der Waals surface area contributed by atoms with E-state index in [1.165, 1.54) is 0 Å². The minimum atomic E-state index is -0.183. The maximum atomic E-state index is 11.8. The van der Waals surface area contributed by atoms with Crippen LogP contribution in [0.1, 0.15) is 0 Å². The molecule has 0 fully saturated rings. The summed E-state index contributed by atoms with van der Waals surface area (Å²) in [6.07, 6.45) is 0. The number of carbonyl (C=O) groups is 1. The standard InChI is InChI=1S/C17H18Cl2N2O3/c1-23-15-2-4-16(5-3-15)24-7-6-20-11-17(22)21-14-9-12(18)8-13(19)10-14/h2-5,8-10,20H,6-7,11H2,1H3,(H,21,22). The first-order chi connectivity index (χ1) is 11.6. The summed E-state index contributed by atoms with van der Waals surface area (Å²) in [5.74, 6) is 1.34. The van der Waals surface area contributed by atoms with Gasteiger partial charge in [-0.15, -0.1) is 0 Å². The van der Waals surface area contributed by atoms with Crippen molar-refractivity contribution in [1.82, 2.24) is 5.32 Å². The van der Waals surface area contributed by atoms with Crippen molar-refractivity contribution in [3.8, 4) is 11.5 Å². The first-order valence-electron chi connectivity index (χ1n) is 7.30. The number of anilines is 1. The normalized spacial score (nSPS) is 10.3. The van der Waals surface area contributed by atoms with Gasteiger partial charge in [0.1, 0.15) is 18.1 Å². The molecule has 24 heavy (non-hydrogen) atoms. The van der Waals surface area contributed by atoms with E-state index in [0.29, 0.717) is 28.9 Å². The van der Waals surface area contributed by atoms with Gasteiger partial charge in [-0.3, -0.25) is 4.79 Å². The predicted octanol–water partition coefficient (Wildman–Crippen LogP) is 3.61. The van der Waals surface area contributed by atoms with Gasteiger partial charge in [0, 0.05) is 22.3 Å². The molecule has 2 N–H and O–H groups in total. The fourth-order valence-electron chi connectivity index (χ4n) is 1.95. The molecule has 1 amide bonds. The number of methoxy groups -OCH3 is 1. The van der Waals surface area contributed by atoms with Crippen molar-refractivity contribution in [2.75, 3.05) is 32.1 Å². The summed E-state index contributed by atoms with van der Waals surface area (Å²) >= 11 is 11.8. The van der Waals surface area contributed by atoms with Crippen LogP contribution in [0.25, 0.3) is 0 Å². The summed E-state index contributed by atoms with van der Waals surface area (Å²) in [6.45, 7) is 1.15. The van der Waals surface area contributed by atoms with Crippen molar-refractivity contribution < 1.29 is 14.3 Å². The molecule has 0 aliphatic carbocycles. The van der Waals surface area contributed by atoms with Crippen LogP contribution in [0.15, 0.2) is 42.5 Å². The van der Waals surface area contributed by atoms with E-state index in [-0.39, 0.29) is 12.5 Å². The molecule has 5 nitrogen and oxygen atoms in total. The highest BCUT2D eigenvalue weighted by atomic mass is 35.5. The van der Waals surface area contributed by atoms with E-state index in [0.717, 1.165) is 11.5 Å². The quantitative estimate of drug-likeness (QED) is 0.698. The summed E-state index contributed by atoms with van der Waals surface area (Å²) in [7, 11) is 1.61. The Morgan fingerprint density at radius 2 is 1.67 bits per heavy atom. The van der Waals surface area contributed by atoms with E-state index in [9.17, 15) is 4.79 Å². The Labute approximate surface area is 150 Å². The molecule has 2 aromatic carbocycles. The molecule has 0 radical (unpaired) electrons. The molecule has 0 saturated heterocycles. The maximum Gasteiger partial charge on any atom is 0.238 e. The number of hydrogen-bond acceptors (Lipinski definition) is 4. The second-order valence-corrected chi connectivity index (χ2v) is 5.78. The highest BCUT2D eigenvalue weighted by Crippen LogP contribution is 2.22. The Kier molecular flexibility index (Phi) is 7.18. The van der Waals surface area contributed by atoms with Gasteiger partial charge in [-0.2, -0.15) is 0 Å². The number of carbonyl (C=O) groups excluding carboxylic acids is 1. The Bertz CT molecular complexity index is 658. The van der Waals surface area contributed by atoms with Crippen molar-refractivity contribution in [2.45, 2.75) is 0 Å². The zero-order chi connectivity index (χ0) is 17.4. The minimum Gasteiger partial charge on any atom is -0.497 e. The average Bonchev–Trinajstić information content (AvgIpc) is 2.54. The van der Waals surface area contributed by atoms with Crippen LogP contribution in [0.2, 0.25) is 10.0 Å². The zero-order valence-electron chi connectivity index (χ0n) is 13.1. The van der Waals surface area contributed by atoms with Crippen molar-refractivity contribution >= 4 is 34.8 Å². The second-order valence-electron chi connectivity index (χ2n) is 4.91. The Morgan fingerprint density at radius 1 is 1.04 bits per heavy atom. The van der Waals surface area contributed by atoms with Crippen molar-refractivity contribution in [2.24, 2.45) is 0 Å². The summed E-state index contributed by atoms with van der Waals surface area (Å²) < 4.78 is 10.6. The number of halogens is 2. The third-order valence-electron chi connectivity index (χ3n) is 3.04. The van der Waals surface area contributed by atoms with Gasteiger partial charge in [0.25, 0.3) is 0 Å². The molecule has 0 saturated carbocycles. The highest BCUT2D eigenvalue weighted by molar-refractivity contribution is 6.35. The highest BCUT2D eigenvalue weighted by Gasteiger charge is 2.04. The number of amides is 1. The van der Waals surface area contributed by atoms with E-state index in [2.05, 4.69) is 10.6 Å². The molecule has 0 spiro atoms. The molecule has 2 aromatic rings. The van der Waals surface area contributed by atoms with Crippen LogP contribution in [0.3, 0.4) is 0 Å². The summed E-state index contributed by atoms with van der Waals surface area (Å²) in [5.41, 5.74) is 0.564. The van der Waals surface area contributed by atoms with E-state index in [1.54, 1.807) is 25.3 Å². The van der Waals surface area contributed by atoms with Crippen LogP contribution < -0.4 is 20.1 Å². The number of nitrogens with one attached hydrogen (secondary N) is 2. The van der Waals surface area contributed by atoms with E-state index in [1.807, 2.05) is 24.3 Å². The summed E-state index contributed by atoms with van der Waals surface area (Å²) in [4.78, 5) is 11.8. The lowest BCUT2D eigenvalue weighted by Crippen LogP contribution is -2.31. The van der Waals surface area contributed by atoms with Crippen LogP contribution in [0, 0.1) is 0 Å². The fraction of sp³-hybridized carbons (Fsp3) is 0.235. The van der Waals surface area contributed by atoms with Gasteiger partial charge in [0.2, 0.25) is 5.91 Å². The van der Waals surface area contributed by atoms with Gasteiger partial charge in [0.05, 0.1) is 13.7 Å². The van der Waals surface area contributed by atoms with Crippen molar-refractivity contribution in [3.63, 3.8) is 0 Å². The minimum absolute atomic E-state index is 0.163. The molecule has 0 bridgehead atoms. The van der Waals surface area contributed by atoms with Crippen molar-refractivity contribution in [3.05, 3.63) is 52.5 Å². The van der Waals surface area contributed by atoms with Crippen LogP contribution >= 0.6 is 23.2 Å². The number of ether oxygens (including phenoxy) is 2. The third kappa shape index (κ3) is 6.28. The van der Waals surface area contributed by atoms with Gasteiger partial charge < -0.3 is 20.1 Å². The zero-order valence-corrected chi connectivity index (χ0v) is 14.7. The van der Waals surface area contributed by atoms with Gasteiger partial charge in [-0.1, -0.05) is 23.2 Å². The van der Waals surface area contributed by atoms with Crippen molar-refractivity contribution in [1.29, 1.82) is 0 Å². The maximum absolute atomic E-state index is 11.8. The van der Waals surface area contributed by atoms with E-state index >= 15 is 0 Å². The monoisotopic (exact) mass is 368 g/mol. The lowest BCUT2D eigenvalue weighted by molar-refractivity contribution is -0.115. The largest absolute Gasteiger partial charge is 0.497 e. The molecule has 7 heteroatoms. The smallest absolute Gasteiger partial charge is 0.238 e. The molecule has 128 valence electrons. The van der Waals surface area contributed by atoms with Crippen LogP contribution in [-0.4, -0.2) is 32.7 Å². The lowest BCUT2D eigenvalue weighted by atomic mass is 10.3. The molecule has 2 rings (SSSR count). The number of benzene rings is 2. The average molecular weight is 369 g/mol. The molecule has 0 heterocycles.